The molecule has 0 radical (unpaired) electrons. The van der Waals surface area contributed by atoms with Crippen molar-refractivity contribution in [1.29, 1.82) is 0 Å². The van der Waals surface area contributed by atoms with Gasteiger partial charge in [0.15, 0.2) is 11.7 Å². The minimum Gasteiger partial charge on any atom is -0.356 e. The molecule has 2 N–H and O–H groups in total. The normalized spacial score (nSPS) is 11.8. The first kappa shape index (κ1) is 22.7. The van der Waals surface area contributed by atoms with E-state index in [9.17, 15) is 13.2 Å². The van der Waals surface area contributed by atoms with Crippen molar-refractivity contribution >= 4 is 41.3 Å². The highest BCUT2D eigenvalue weighted by atomic mass is 127. The Kier molecular flexibility index (Phi) is 8.81. The maximum atomic E-state index is 12.5. The molecule has 1 aromatic carbocycles. The second-order valence-corrected chi connectivity index (χ2v) is 6.60. The average molecular weight is 498 g/mol. The predicted octanol–water partition coefficient (Wildman–Crippen LogP) is 4.30. The molecule has 0 fully saturated rings. The second-order valence-electron chi connectivity index (χ2n) is 5.66. The van der Waals surface area contributed by atoms with E-state index in [2.05, 4.69) is 52.7 Å². The Hall–Kier alpha value is -1.36. The zero-order valence-corrected chi connectivity index (χ0v) is 17.9. The van der Waals surface area contributed by atoms with Gasteiger partial charge in [0.1, 0.15) is 5.01 Å². The molecular weight excluding hydrogens is 476 g/mol. The standard InChI is InChI=1S/C17H21F3N4S.HI/c1-11-4-5-13(12(2)8-11)6-7-22-16(21-3)23-9-15-24-14(10-25-15)17(18,19)20;/h4-5,8,10H,6-7,9H2,1-3H3,(H2,21,22,23);1H. The number of halogens is 4. The number of rotatable bonds is 5. The van der Waals surface area contributed by atoms with Crippen LogP contribution >= 0.6 is 35.3 Å². The molecule has 0 saturated carbocycles. The number of guanidine groups is 1. The lowest BCUT2D eigenvalue weighted by Gasteiger charge is -2.12. The molecule has 2 aromatic rings. The Bertz CT molecular complexity index is 744. The van der Waals surface area contributed by atoms with Gasteiger partial charge in [-0.3, -0.25) is 4.99 Å². The van der Waals surface area contributed by atoms with Crippen LogP contribution in [0.25, 0.3) is 0 Å². The number of thiazole rings is 1. The lowest BCUT2D eigenvalue weighted by molar-refractivity contribution is -0.140. The molecule has 0 bridgehead atoms. The van der Waals surface area contributed by atoms with Gasteiger partial charge in [0.25, 0.3) is 0 Å². The van der Waals surface area contributed by atoms with Crippen molar-refractivity contribution in [3.8, 4) is 0 Å². The Morgan fingerprint density at radius 2 is 1.96 bits per heavy atom. The van der Waals surface area contributed by atoms with Gasteiger partial charge in [0.05, 0.1) is 6.54 Å². The summed E-state index contributed by atoms with van der Waals surface area (Å²) < 4.78 is 37.6. The molecule has 0 spiro atoms. The van der Waals surface area contributed by atoms with Gasteiger partial charge in [-0.15, -0.1) is 35.3 Å². The number of hydrogen-bond donors (Lipinski definition) is 2. The summed E-state index contributed by atoms with van der Waals surface area (Å²) in [4.78, 5) is 7.66. The molecule has 1 aromatic heterocycles. The fraction of sp³-hybridized carbons (Fsp3) is 0.412. The Labute approximate surface area is 172 Å². The van der Waals surface area contributed by atoms with Crippen LogP contribution in [-0.2, 0) is 19.1 Å². The first-order valence-electron chi connectivity index (χ1n) is 7.82. The Morgan fingerprint density at radius 1 is 1.23 bits per heavy atom. The molecule has 0 amide bonds. The minimum absolute atomic E-state index is 0. The zero-order valence-electron chi connectivity index (χ0n) is 14.8. The maximum absolute atomic E-state index is 12.5. The number of nitrogens with zero attached hydrogens (tertiary/aromatic N) is 2. The van der Waals surface area contributed by atoms with Crippen molar-refractivity contribution in [2.75, 3.05) is 13.6 Å². The quantitative estimate of drug-likeness (QED) is 0.367. The van der Waals surface area contributed by atoms with Gasteiger partial charge in [0, 0.05) is 19.0 Å². The SMILES string of the molecule is CN=C(NCCc1ccc(C)cc1C)NCc1nc(C(F)(F)F)cs1.I. The third-order valence-electron chi connectivity index (χ3n) is 3.66. The molecule has 0 unspecified atom stereocenters. The van der Waals surface area contributed by atoms with Crippen molar-refractivity contribution in [3.63, 3.8) is 0 Å². The molecule has 144 valence electrons. The Morgan fingerprint density at radius 3 is 2.54 bits per heavy atom. The zero-order chi connectivity index (χ0) is 18.4. The van der Waals surface area contributed by atoms with Gasteiger partial charge in [-0.1, -0.05) is 23.8 Å². The number of aliphatic imine (C=N–C) groups is 1. The average Bonchev–Trinajstić information content (AvgIpc) is 3.01. The summed E-state index contributed by atoms with van der Waals surface area (Å²) in [6.07, 6.45) is -3.57. The largest absolute Gasteiger partial charge is 0.434 e. The number of hydrogen-bond acceptors (Lipinski definition) is 3. The van der Waals surface area contributed by atoms with Crippen molar-refractivity contribution in [1.82, 2.24) is 15.6 Å². The van der Waals surface area contributed by atoms with Gasteiger partial charge < -0.3 is 10.6 Å². The highest BCUT2D eigenvalue weighted by Gasteiger charge is 2.33. The number of aromatic nitrogens is 1. The van der Waals surface area contributed by atoms with Crippen molar-refractivity contribution < 1.29 is 13.2 Å². The van der Waals surface area contributed by atoms with E-state index in [-0.39, 0.29) is 30.5 Å². The van der Waals surface area contributed by atoms with Crippen LogP contribution in [0, 0.1) is 13.8 Å². The molecule has 0 aliphatic carbocycles. The van der Waals surface area contributed by atoms with Crippen molar-refractivity contribution in [3.05, 3.63) is 51.0 Å². The van der Waals surface area contributed by atoms with Crippen LogP contribution in [0.15, 0.2) is 28.6 Å². The van der Waals surface area contributed by atoms with Crippen LogP contribution in [0.5, 0.6) is 0 Å². The van der Waals surface area contributed by atoms with Gasteiger partial charge >= 0.3 is 6.18 Å². The topological polar surface area (TPSA) is 49.3 Å². The van der Waals surface area contributed by atoms with Crippen LogP contribution < -0.4 is 10.6 Å². The van der Waals surface area contributed by atoms with Crippen molar-refractivity contribution in [2.45, 2.75) is 33.0 Å². The van der Waals surface area contributed by atoms with E-state index in [0.717, 1.165) is 23.1 Å². The maximum Gasteiger partial charge on any atom is 0.434 e. The number of benzene rings is 1. The predicted molar refractivity (Wildman–Crippen MR) is 110 cm³/mol. The van der Waals surface area contributed by atoms with E-state index in [1.807, 2.05) is 0 Å². The number of alkyl halides is 3. The second kappa shape index (κ2) is 10.1. The van der Waals surface area contributed by atoms with Gasteiger partial charge in [-0.05, 0) is 31.4 Å². The summed E-state index contributed by atoms with van der Waals surface area (Å²) in [6.45, 7) is 5.01. The van der Waals surface area contributed by atoms with E-state index in [4.69, 9.17) is 0 Å². The monoisotopic (exact) mass is 498 g/mol. The Balaban J connectivity index is 0.00000338. The molecule has 0 saturated heterocycles. The van der Waals surface area contributed by atoms with Crippen molar-refractivity contribution in [2.24, 2.45) is 4.99 Å². The summed E-state index contributed by atoms with van der Waals surface area (Å²) in [7, 11) is 1.62. The molecular formula is C17H22F3IN4S. The highest BCUT2D eigenvalue weighted by molar-refractivity contribution is 14.0. The van der Waals surface area contributed by atoms with E-state index in [1.54, 1.807) is 7.05 Å². The van der Waals surface area contributed by atoms with E-state index >= 15 is 0 Å². The summed E-state index contributed by atoms with van der Waals surface area (Å²) in [5, 5.41) is 7.53. The summed E-state index contributed by atoms with van der Waals surface area (Å²) in [5.74, 6) is 0.536. The molecule has 1 heterocycles. The molecule has 0 aliphatic heterocycles. The molecule has 2 rings (SSSR count). The summed E-state index contributed by atoms with van der Waals surface area (Å²) >= 11 is 0.976. The van der Waals surface area contributed by atoms with E-state index in [1.165, 1.54) is 16.7 Å². The van der Waals surface area contributed by atoms with Crippen LogP contribution in [0.2, 0.25) is 0 Å². The number of aryl methyl sites for hydroxylation is 2. The smallest absolute Gasteiger partial charge is 0.356 e. The van der Waals surface area contributed by atoms with Gasteiger partial charge in [-0.25, -0.2) is 4.98 Å². The summed E-state index contributed by atoms with van der Waals surface area (Å²) in [6, 6.07) is 6.33. The lowest BCUT2D eigenvalue weighted by atomic mass is 10.0. The van der Waals surface area contributed by atoms with Crippen LogP contribution in [0.1, 0.15) is 27.4 Å². The van der Waals surface area contributed by atoms with Crippen LogP contribution in [-0.4, -0.2) is 24.5 Å². The fourth-order valence-corrected chi connectivity index (χ4v) is 3.08. The van der Waals surface area contributed by atoms with Gasteiger partial charge in [-0.2, -0.15) is 13.2 Å². The summed E-state index contributed by atoms with van der Waals surface area (Å²) in [5.41, 5.74) is 2.87. The van der Waals surface area contributed by atoms with E-state index in [0.29, 0.717) is 17.5 Å². The van der Waals surface area contributed by atoms with E-state index < -0.39 is 11.9 Å². The first-order valence-corrected chi connectivity index (χ1v) is 8.70. The third-order valence-corrected chi connectivity index (χ3v) is 4.51. The first-order chi connectivity index (χ1) is 11.8. The van der Waals surface area contributed by atoms with Gasteiger partial charge in [0.2, 0.25) is 0 Å². The van der Waals surface area contributed by atoms with Crippen LogP contribution in [0.3, 0.4) is 0 Å². The molecule has 0 atom stereocenters. The highest BCUT2D eigenvalue weighted by Crippen LogP contribution is 2.29. The molecule has 0 aliphatic rings. The minimum atomic E-state index is -4.40. The lowest BCUT2D eigenvalue weighted by Crippen LogP contribution is -2.37. The number of nitrogens with one attached hydrogen (secondary N) is 2. The molecule has 4 nitrogen and oxygen atoms in total. The fourth-order valence-electron chi connectivity index (χ4n) is 2.34. The molecule has 26 heavy (non-hydrogen) atoms. The molecule has 9 heteroatoms. The van der Waals surface area contributed by atoms with Crippen LogP contribution in [0.4, 0.5) is 13.2 Å². The third kappa shape index (κ3) is 6.75.